The van der Waals surface area contributed by atoms with Crippen LogP contribution in [0.3, 0.4) is 0 Å². The van der Waals surface area contributed by atoms with E-state index in [1.807, 2.05) is 29.2 Å². The largest absolute Gasteiger partial charge is 0.504 e. The Morgan fingerprint density at radius 3 is 2.47 bits per heavy atom. The van der Waals surface area contributed by atoms with Gasteiger partial charge in [-0.3, -0.25) is 14.5 Å². The summed E-state index contributed by atoms with van der Waals surface area (Å²) in [5, 5.41) is 12.7. The number of phenolic OH excluding ortho intramolecular Hbond substituents is 1. The summed E-state index contributed by atoms with van der Waals surface area (Å²) in [6.07, 6.45) is 1.79. The number of carbonyl (C=O) groups excluding carboxylic acids is 2. The second-order valence-electron chi connectivity index (χ2n) is 10.9. The Bertz CT molecular complexity index is 1200. The van der Waals surface area contributed by atoms with Crippen molar-refractivity contribution < 1.29 is 19.4 Å². The van der Waals surface area contributed by atoms with Gasteiger partial charge < -0.3 is 25.0 Å². The zero-order valence-corrected chi connectivity index (χ0v) is 23.0. The summed E-state index contributed by atoms with van der Waals surface area (Å²) < 4.78 is 5.26. The van der Waals surface area contributed by atoms with Crippen LogP contribution >= 0.6 is 0 Å². The molecule has 0 radical (unpaired) electrons. The number of rotatable bonds is 9. The maximum Gasteiger partial charge on any atom is 0.254 e. The third kappa shape index (κ3) is 6.13. The van der Waals surface area contributed by atoms with Gasteiger partial charge in [0.1, 0.15) is 0 Å². The minimum Gasteiger partial charge on any atom is -0.504 e. The Morgan fingerprint density at radius 2 is 1.79 bits per heavy atom. The van der Waals surface area contributed by atoms with Crippen molar-refractivity contribution in [2.45, 2.75) is 52.2 Å². The molecule has 2 aliphatic heterocycles. The van der Waals surface area contributed by atoms with Crippen LogP contribution in [0.15, 0.2) is 48.7 Å². The van der Waals surface area contributed by atoms with E-state index in [4.69, 9.17) is 4.74 Å². The predicted molar refractivity (Wildman–Crippen MR) is 148 cm³/mol. The van der Waals surface area contributed by atoms with Crippen molar-refractivity contribution in [3.05, 3.63) is 70.9 Å². The fraction of sp³-hybridized carbons (Fsp3) is 0.467. The van der Waals surface area contributed by atoms with Crippen LogP contribution in [0.2, 0.25) is 0 Å². The zero-order valence-electron chi connectivity index (χ0n) is 23.0. The van der Waals surface area contributed by atoms with Crippen LogP contribution in [-0.2, 0) is 24.3 Å². The summed E-state index contributed by atoms with van der Waals surface area (Å²) in [5.74, 6) is 0.662. The lowest BCUT2D eigenvalue weighted by Crippen LogP contribution is -2.49. The minimum absolute atomic E-state index is 0.0734. The molecule has 2 N–H and O–H groups in total. The van der Waals surface area contributed by atoms with E-state index in [9.17, 15) is 14.7 Å². The molecule has 1 fully saturated rings. The molecule has 2 heterocycles. The van der Waals surface area contributed by atoms with Gasteiger partial charge in [-0.05, 0) is 61.6 Å². The molecular formula is C30H40N4O4. The molecule has 4 rings (SSSR count). The Labute approximate surface area is 225 Å². The predicted octanol–water partition coefficient (Wildman–Crippen LogP) is 3.54. The first-order chi connectivity index (χ1) is 18.1. The molecule has 38 heavy (non-hydrogen) atoms. The number of nitrogens with one attached hydrogen (secondary N) is 1. The third-order valence-electron chi connectivity index (χ3n) is 7.89. The first-order valence-electron chi connectivity index (χ1n) is 13.3. The number of benzene rings is 2. The summed E-state index contributed by atoms with van der Waals surface area (Å²) in [5.41, 5.74) is 5.07. The van der Waals surface area contributed by atoms with E-state index in [1.54, 1.807) is 13.2 Å². The number of hydrogen-bond donors (Lipinski definition) is 2. The van der Waals surface area contributed by atoms with Crippen molar-refractivity contribution in [3.63, 3.8) is 0 Å². The van der Waals surface area contributed by atoms with E-state index < -0.39 is 0 Å². The monoisotopic (exact) mass is 520 g/mol. The average molecular weight is 521 g/mol. The number of ether oxygens (including phenoxy) is 1. The Balaban J connectivity index is 1.37. The molecule has 0 aromatic heterocycles. The number of fused-ring (bicyclic) bond motifs is 1. The lowest BCUT2D eigenvalue weighted by molar-refractivity contribution is -0.118. The summed E-state index contributed by atoms with van der Waals surface area (Å²) in [6, 6.07) is 11.6. The lowest BCUT2D eigenvalue weighted by atomic mass is 9.93. The van der Waals surface area contributed by atoms with Crippen molar-refractivity contribution >= 4 is 11.8 Å². The average Bonchev–Trinajstić information content (AvgIpc) is 3.37. The zero-order chi connectivity index (χ0) is 27.4. The van der Waals surface area contributed by atoms with Gasteiger partial charge in [-0.15, -0.1) is 0 Å². The van der Waals surface area contributed by atoms with Gasteiger partial charge in [0.2, 0.25) is 5.91 Å². The maximum absolute atomic E-state index is 13.6. The van der Waals surface area contributed by atoms with Crippen LogP contribution in [0.1, 0.15) is 54.2 Å². The molecule has 8 heteroatoms. The molecule has 2 amide bonds. The van der Waals surface area contributed by atoms with Gasteiger partial charge >= 0.3 is 0 Å². The highest BCUT2D eigenvalue weighted by Gasteiger charge is 2.34. The molecule has 204 valence electrons. The van der Waals surface area contributed by atoms with Gasteiger partial charge in [-0.25, -0.2) is 0 Å². The van der Waals surface area contributed by atoms with Crippen molar-refractivity contribution in [1.29, 1.82) is 0 Å². The molecule has 0 saturated carbocycles. The molecule has 2 aromatic carbocycles. The maximum atomic E-state index is 13.6. The normalized spacial score (nSPS) is 15.8. The van der Waals surface area contributed by atoms with Crippen LogP contribution in [0.25, 0.3) is 0 Å². The first kappa shape index (κ1) is 27.5. The number of methoxy groups -OCH3 is 1. The number of phenols is 1. The third-order valence-corrected chi connectivity index (χ3v) is 7.89. The van der Waals surface area contributed by atoms with E-state index >= 15 is 0 Å². The second kappa shape index (κ2) is 11.5. The molecule has 0 atom stereocenters. The number of aryl methyl sites for hydroxylation is 1. The Kier molecular flexibility index (Phi) is 8.31. The second-order valence-corrected chi connectivity index (χ2v) is 10.9. The van der Waals surface area contributed by atoms with Gasteiger partial charge in [0.25, 0.3) is 5.91 Å². The molecule has 0 unspecified atom stereocenters. The van der Waals surface area contributed by atoms with Crippen molar-refractivity contribution in [1.82, 2.24) is 20.0 Å². The van der Waals surface area contributed by atoms with Crippen LogP contribution in [0, 0.1) is 0 Å². The smallest absolute Gasteiger partial charge is 0.254 e. The van der Waals surface area contributed by atoms with Crippen LogP contribution in [0.5, 0.6) is 11.5 Å². The van der Waals surface area contributed by atoms with E-state index in [2.05, 4.69) is 41.6 Å². The topological polar surface area (TPSA) is 85.4 Å². The standard InChI is InChI=1S/C30H40N4O4/c1-21(18-31-22(2)35)32-13-15-33(16-14-32)29(37)25-8-6-7-24-19-34(20-26(24)25)30(3,4)12-11-23-9-10-27(36)28(17-23)38-5/h6-10,17,36H,1,11-16,18-20H2,2-5H3,(H,31,35). The highest BCUT2D eigenvalue weighted by molar-refractivity contribution is 5.96. The fourth-order valence-electron chi connectivity index (χ4n) is 5.27. The minimum atomic E-state index is -0.0790. The first-order valence-corrected chi connectivity index (χ1v) is 13.3. The highest BCUT2D eigenvalue weighted by atomic mass is 16.5. The van der Waals surface area contributed by atoms with Crippen molar-refractivity contribution in [2.24, 2.45) is 0 Å². The van der Waals surface area contributed by atoms with Crippen molar-refractivity contribution in [3.8, 4) is 11.5 Å². The van der Waals surface area contributed by atoms with Crippen molar-refractivity contribution in [2.75, 3.05) is 39.8 Å². The molecular weight excluding hydrogens is 480 g/mol. The quantitative estimate of drug-likeness (QED) is 0.526. The van der Waals surface area contributed by atoms with E-state index in [1.165, 1.54) is 12.5 Å². The van der Waals surface area contributed by atoms with Gasteiger partial charge in [0.05, 0.1) is 13.7 Å². The molecule has 0 bridgehead atoms. The van der Waals surface area contributed by atoms with Crippen LogP contribution < -0.4 is 10.1 Å². The number of amides is 2. The van der Waals surface area contributed by atoms with E-state index in [0.29, 0.717) is 38.5 Å². The fourth-order valence-corrected chi connectivity index (χ4v) is 5.27. The number of nitrogens with zero attached hydrogens (tertiary/aromatic N) is 3. The van der Waals surface area contributed by atoms with E-state index in [0.717, 1.165) is 48.3 Å². The Morgan fingerprint density at radius 1 is 1.08 bits per heavy atom. The highest BCUT2D eigenvalue weighted by Crippen LogP contribution is 2.35. The van der Waals surface area contributed by atoms with Gasteiger partial charge in [0, 0.05) is 63.0 Å². The number of piperazine rings is 1. The SMILES string of the molecule is C=C(CNC(C)=O)N1CCN(C(=O)c2cccc3c2CN(C(C)(C)CCc2ccc(O)c(OC)c2)C3)CC1. The summed E-state index contributed by atoms with van der Waals surface area (Å²) in [7, 11) is 1.56. The summed E-state index contributed by atoms with van der Waals surface area (Å²) in [6.45, 7) is 14.8. The van der Waals surface area contributed by atoms with Crippen LogP contribution in [-0.4, -0.2) is 77.0 Å². The molecule has 0 aliphatic carbocycles. The van der Waals surface area contributed by atoms with Gasteiger partial charge in [-0.2, -0.15) is 0 Å². The van der Waals surface area contributed by atoms with E-state index in [-0.39, 0.29) is 23.1 Å². The summed E-state index contributed by atoms with van der Waals surface area (Å²) in [4.78, 5) is 31.3. The Hall–Kier alpha value is -3.52. The summed E-state index contributed by atoms with van der Waals surface area (Å²) >= 11 is 0. The lowest BCUT2D eigenvalue weighted by Gasteiger charge is -2.37. The molecule has 2 aliphatic rings. The number of aromatic hydroxyl groups is 1. The van der Waals surface area contributed by atoms with Crippen LogP contribution in [0.4, 0.5) is 0 Å². The van der Waals surface area contributed by atoms with Gasteiger partial charge in [0.15, 0.2) is 11.5 Å². The molecule has 8 nitrogen and oxygen atoms in total. The van der Waals surface area contributed by atoms with Gasteiger partial charge in [-0.1, -0.05) is 24.8 Å². The number of hydrogen-bond acceptors (Lipinski definition) is 6. The molecule has 2 aromatic rings. The molecule has 1 saturated heterocycles. The number of carbonyl (C=O) groups is 2. The molecule has 0 spiro atoms.